The molecule has 0 fully saturated rings. The summed E-state index contributed by atoms with van der Waals surface area (Å²) in [5, 5.41) is 19.7. The molecule has 2 atom stereocenters. The number of ketones is 3. The fourth-order valence-electron chi connectivity index (χ4n) is 4.30. The number of methoxy groups -OCH3 is 1. The maximum Gasteiger partial charge on any atom is 0.306 e. The summed E-state index contributed by atoms with van der Waals surface area (Å²) in [5.41, 5.74) is 0. The second kappa shape index (κ2) is 13.7. The number of carbonyl (C=O) groups excluding carboxylic acids is 3. The third-order valence-corrected chi connectivity index (χ3v) is 9.28. The molecule has 4 rings (SSSR count). The molecule has 234 valence electrons. The van der Waals surface area contributed by atoms with E-state index >= 15 is 8.78 Å². The molecule has 0 spiro atoms. The van der Waals surface area contributed by atoms with E-state index in [1.165, 1.54) is 45.2 Å². The number of phenols is 1. The number of hydrogen-bond donors (Lipinski definition) is 2. The first-order valence-corrected chi connectivity index (χ1v) is 15.3. The van der Waals surface area contributed by atoms with E-state index in [9.17, 15) is 24.3 Å². The zero-order valence-corrected chi connectivity index (χ0v) is 26.0. The molecule has 0 aliphatic heterocycles. The summed E-state index contributed by atoms with van der Waals surface area (Å²) in [5.74, 6) is -5.84. The Hall–Kier alpha value is -4.10. The summed E-state index contributed by atoms with van der Waals surface area (Å²) in [6, 6.07) is 5.56. The highest BCUT2D eigenvalue weighted by Crippen LogP contribution is 2.41. The van der Waals surface area contributed by atoms with Crippen LogP contribution in [0.2, 0.25) is 0 Å². The van der Waals surface area contributed by atoms with Crippen molar-refractivity contribution in [3.8, 4) is 23.0 Å². The number of aromatic hydroxyl groups is 1. The van der Waals surface area contributed by atoms with Gasteiger partial charge in [-0.25, -0.2) is 8.78 Å². The minimum absolute atomic E-state index is 0.00477. The molecule has 2 aromatic heterocycles. The number of Topliss-reactive ketones (excluding diaryl/α,β-unsaturated/α-hetero) is 3. The van der Waals surface area contributed by atoms with Gasteiger partial charge in [0.25, 0.3) is 0 Å². The molecular weight excluding hydrogens is 618 g/mol. The molecule has 0 bridgehead atoms. The number of halogens is 2. The van der Waals surface area contributed by atoms with E-state index in [0.29, 0.717) is 9.40 Å². The average molecular weight is 649 g/mol. The zero-order chi connectivity index (χ0) is 32.3. The molecule has 2 N–H and O–H groups in total. The summed E-state index contributed by atoms with van der Waals surface area (Å²) in [7, 11) is 1.33. The fourth-order valence-corrected chi connectivity index (χ4v) is 6.38. The molecule has 0 aliphatic carbocycles. The van der Waals surface area contributed by atoms with Crippen molar-refractivity contribution in [3.63, 3.8) is 0 Å². The Bertz CT molecular complexity index is 1760. The molecule has 9 nitrogen and oxygen atoms in total. The highest BCUT2D eigenvalue weighted by molar-refractivity contribution is 7.21. The fraction of sp³-hybridized carbons (Fsp3) is 0.355. The van der Waals surface area contributed by atoms with Crippen LogP contribution in [0.3, 0.4) is 0 Å². The first-order chi connectivity index (χ1) is 20.8. The van der Waals surface area contributed by atoms with Crippen LogP contribution < -0.4 is 14.2 Å². The monoisotopic (exact) mass is 648 g/mol. The minimum atomic E-state index is -1.10. The molecule has 0 aliphatic rings. The molecule has 2 aromatic carbocycles. The SMILES string of the molecule is COc1cc2sc(C(=O)C[C@H](C)C(=O)O)cc2c(F)c1OCCCOc1c(O)cc2sc(C(=O)C[C@H](C)C(C)=O)cc2c1F. The second-order valence-electron chi connectivity index (χ2n) is 10.4. The van der Waals surface area contributed by atoms with Gasteiger partial charge < -0.3 is 24.4 Å². The van der Waals surface area contributed by atoms with Crippen molar-refractivity contribution in [3.05, 3.63) is 45.7 Å². The predicted molar refractivity (Wildman–Crippen MR) is 162 cm³/mol. The average Bonchev–Trinajstić information content (AvgIpc) is 3.60. The minimum Gasteiger partial charge on any atom is -0.504 e. The van der Waals surface area contributed by atoms with Crippen molar-refractivity contribution in [2.75, 3.05) is 20.3 Å². The molecule has 0 amide bonds. The van der Waals surface area contributed by atoms with E-state index in [1.54, 1.807) is 6.92 Å². The van der Waals surface area contributed by atoms with Crippen molar-refractivity contribution in [2.45, 2.75) is 40.0 Å². The van der Waals surface area contributed by atoms with Crippen LogP contribution in [0.4, 0.5) is 8.78 Å². The quantitative estimate of drug-likeness (QED) is 0.103. The van der Waals surface area contributed by atoms with Gasteiger partial charge in [-0.3, -0.25) is 19.2 Å². The Balaban J connectivity index is 1.42. The molecule has 4 aromatic rings. The van der Waals surface area contributed by atoms with E-state index in [-0.39, 0.29) is 76.1 Å². The van der Waals surface area contributed by atoms with Gasteiger partial charge in [-0.2, -0.15) is 0 Å². The van der Waals surface area contributed by atoms with Gasteiger partial charge in [-0.05, 0) is 19.1 Å². The molecule has 44 heavy (non-hydrogen) atoms. The van der Waals surface area contributed by atoms with Crippen molar-refractivity contribution in [1.82, 2.24) is 0 Å². The number of hydrogen-bond acceptors (Lipinski definition) is 10. The Morgan fingerprint density at radius 3 is 1.84 bits per heavy atom. The van der Waals surface area contributed by atoms with Gasteiger partial charge in [0.1, 0.15) is 5.78 Å². The van der Waals surface area contributed by atoms with Gasteiger partial charge in [0.15, 0.2) is 46.2 Å². The number of carboxylic acids is 1. The Morgan fingerprint density at radius 2 is 1.32 bits per heavy atom. The van der Waals surface area contributed by atoms with E-state index in [1.807, 2.05) is 0 Å². The lowest BCUT2D eigenvalue weighted by atomic mass is 10.00. The number of carbonyl (C=O) groups is 4. The van der Waals surface area contributed by atoms with Crippen LogP contribution in [0.1, 0.15) is 59.4 Å². The summed E-state index contributed by atoms with van der Waals surface area (Å²) < 4.78 is 47.8. The van der Waals surface area contributed by atoms with E-state index < -0.39 is 46.7 Å². The van der Waals surface area contributed by atoms with Crippen LogP contribution in [-0.4, -0.2) is 53.9 Å². The highest BCUT2D eigenvalue weighted by atomic mass is 32.1. The Morgan fingerprint density at radius 1 is 0.818 bits per heavy atom. The number of thiophene rings is 2. The summed E-state index contributed by atoms with van der Waals surface area (Å²) in [4.78, 5) is 48.2. The number of ether oxygens (including phenoxy) is 3. The van der Waals surface area contributed by atoms with Crippen molar-refractivity contribution in [1.29, 1.82) is 0 Å². The van der Waals surface area contributed by atoms with Crippen LogP contribution in [0.15, 0.2) is 24.3 Å². The standard InChI is InChI=1S/C31H30F2O9S2/c1-14(16(3)34)8-19(35)25-10-17-23(43-25)12-21(37)29(27(17)32)41-6-5-7-42-30-22(40-4)13-24-18(28(30)33)11-26(44-24)20(36)9-15(2)31(38)39/h10-15,37H,5-9H2,1-4H3,(H,38,39)/t14-,15-/m0/s1. The van der Waals surface area contributed by atoms with E-state index in [2.05, 4.69) is 0 Å². The maximum absolute atomic E-state index is 15.4. The predicted octanol–water partition coefficient (Wildman–Crippen LogP) is 7.05. The number of rotatable bonds is 15. The highest BCUT2D eigenvalue weighted by Gasteiger charge is 2.24. The lowest BCUT2D eigenvalue weighted by molar-refractivity contribution is -0.141. The second-order valence-corrected chi connectivity index (χ2v) is 12.5. The lowest BCUT2D eigenvalue weighted by Crippen LogP contribution is -2.13. The molecule has 2 heterocycles. The third kappa shape index (κ3) is 6.99. The van der Waals surface area contributed by atoms with E-state index in [0.717, 1.165) is 22.7 Å². The normalized spacial score (nSPS) is 12.7. The first-order valence-electron chi connectivity index (χ1n) is 13.6. The van der Waals surface area contributed by atoms with Gasteiger partial charge in [-0.1, -0.05) is 13.8 Å². The number of aliphatic carboxylic acids is 1. The number of phenolic OH excluding ortho intramolecular Hbond substituents is 1. The smallest absolute Gasteiger partial charge is 0.306 e. The first kappa shape index (κ1) is 32.8. The van der Waals surface area contributed by atoms with Crippen LogP contribution in [0.25, 0.3) is 20.2 Å². The van der Waals surface area contributed by atoms with Gasteiger partial charge in [0.05, 0.1) is 36.0 Å². The molecule has 0 saturated heterocycles. The molecule has 0 saturated carbocycles. The lowest BCUT2D eigenvalue weighted by Gasteiger charge is -2.13. The Kier molecular flexibility index (Phi) is 10.2. The van der Waals surface area contributed by atoms with Gasteiger partial charge in [0.2, 0.25) is 0 Å². The third-order valence-electron chi connectivity index (χ3n) is 7.03. The largest absolute Gasteiger partial charge is 0.504 e. The molecule has 13 heteroatoms. The molecule has 0 radical (unpaired) electrons. The zero-order valence-electron chi connectivity index (χ0n) is 24.3. The van der Waals surface area contributed by atoms with Crippen LogP contribution >= 0.6 is 22.7 Å². The number of carboxylic acid groups (broad SMARTS) is 1. The van der Waals surface area contributed by atoms with Crippen LogP contribution in [0.5, 0.6) is 23.0 Å². The van der Waals surface area contributed by atoms with Gasteiger partial charge in [0, 0.05) is 57.5 Å². The number of fused-ring (bicyclic) bond motifs is 2. The summed E-state index contributed by atoms with van der Waals surface area (Å²) in [6.45, 7) is 4.29. The number of benzene rings is 2. The molecular formula is C31H30F2O9S2. The topological polar surface area (TPSA) is 136 Å². The van der Waals surface area contributed by atoms with Gasteiger partial charge in [-0.15, -0.1) is 22.7 Å². The van der Waals surface area contributed by atoms with Crippen LogP contribution in [0, 0.1) is 23.5 Å². The van der Waals surface area contributed by atoms with Crippen molar-refractivity contribution < 1.29 is 52.4 Å². The van der Waals surface area contributed by atoms with E-state index in [4.69, 9.17) is 19.3 Å². The van der Waals surface area contributed by atoms with Crippen molar-refractivity contribution >= 4 is 66.2 Å². The van der Waals surface area contributed by atoms with Crippen molar-refractivity contribution in [2.24, 2.45) is 11.8 Å². The maximum atomic E-state index is 15.4. The molecule has 0 unspecified atom stereocenters. The summed E-state index contributed by atoms with van der Waals surface area (Å²) >= 11 is 2.03. The van der Waals surface area contributed by atoms with Crippen LogP contribution in [-0.2, 0) is 9.59 Å². The summed E-state index contributed by atoms with van der Waals surface area (Å²) in [6.07, 6.45) is -0.0665. The Labute approximate surface area is 259 Å². The van der Waals surface area contributed by atoms with Gasteiger partial charge >= 0.3 is 5.97 Å².